The van der Waals surface area contributed by atoms with Gasteiger partial charge in [-0.25, -0.2) is 4.98 Å². The number of aromatic nitrogens is 1. The third-order valence-corrected chi connectivity index (χ3v) is 4.06. The molecule has 0 radical (unpaired) electrons. The van der Waals surface area contributed by atoms with Crippen molar-refractivity contribution in [1.82, 2.24) is 10.3 Å². The molecule has 1 fully saturated rings. The van der Waals surface area contributed by atoms with Gasteiger partial charge in [-0.2, -0.15) is 0 Å². The molecule has 18 heavy (non-hydrogen) atoms. The molecule has 1 aliphatic heterocycles. The molecule has 0 unspecified atom stereocenters. The highest BCUT2D eigenvalue weighted by molar-refractivity contribution is 5.75. The van der Waals surface area contributed by atoms with Gasteiger partial charge in [-0.3, -0.25) is 0 Å². The Morgan fingerprint density at radius 3 is 2.72 bits per heavy atom. The summed E-state index contributed by atoms with van der Waals surface area (Å²) in [4.78, 5) is 4.64. The van der Waals surface area contributed by atoms with Gasteiger partial charge in [-0.05, 0) is 68.0 Å². The predicted molar refractivity (Wildman–Crippen MR) is 70.7 cm³/mol. The van der Waals surface area contributed by atoms with Crippen LogP contribution >= 0.6 is 0 Å². The minimum Gasteiger partial charge on any atom is -0.441 e. The van der Waals surface area contributed by atoms with E-state index in [-0.39, 0.29) is 0 Å². The van der Waals surface area contributed by atoms with Gasteiger partial charge in [0.1, 0.15) is 5.52 Å². The van der Waals surface area contributed by atoms with Crippen LogP contribution in [0.4, 0.5) is 0 Å². The van der Waals surface area contributed by atoms with E-state index in [1.165, 1.54) is 24.0 Å². The highest BCUT2D eigenvalue weighted by Crippen LogP contribution is 2.33. The molecule has 0 atom stereocenters. The van der Waals surface area contributed by atoms with Gasteiger partial charge in [0, 0.05) is 6.42 Å². The van der Waals surface area contributed by atoms with Gasteiger partial charge < -0.3 is 9.73 Å². The fourth-order valence-electron chi connectivity index (χ4n) is 2.80. The molecule has 2 heterocycles. The second-order valence-electron chi connectivity index (χ2n) is 5.59. The lowest BCUT2D eigenvalue weighted by molar-refractivity contribution is 0.513. The van der Waals surface area contributed by atoms with E-state index in [0.717, 1.165) is 55.3 Å². The number of fused-ring (bicyclic) bond motifs is 2. The zero-order valence-corrected chi connectivity index (χ0v) is 10.5. The van der Waals surface area contributed by atoms with Crippen LogP contribution in [0.25, 0.3) is 11.1 Å². The maximum atomic E-state index is 5.89. The van der Waals surface area contributed by atoms with Gasteiger partial charge in [0.25, 0.3) is 0 Å². The summed E-state index contributed by atoms with van der Waals surface area (Å²) in [5, 5.41) is 3.44. The smallest absolute Gasteiger partial charge is 0.195 e. The van der Waals surface area contributed by atoms with E-state index in [4.69, 9.17) is 4.42 Å². The Hall–Kier alpha value is -1.35. The third kappa shape index (κ3) is 1.93. The van der Waals surface area contributed by atoms with E-state index < -0.39 is 0 Å². The van der Waals surface area contributed by atoms with E-state index in [0.29, 0.717) is 0 Å². The standard InChI is InChI=1S/C15H18N2O/c1-2-10(1)7-15-17-13-8-11-3-5-16-6-4-12(11)9-14(13)18-15/h8-10,16H,1-7H2. The van der Waals surface area contributed by atoms with Crippen molar-refractivity contribution in [3.63, 3.8) is 0 Å². The largest absolute Gasteiger partial charge is 0.441 e. The molecule has 1 N–H and O–H groups in total. The lowest BCUT2D eigenvalue weighted by atomic mass is 10.0. The topological polar surface area (TPSA) is 38.1 Å². The summed E-state index contributed by atoms with van der Waals surface area (Å²) in [5.41, 5.74) is 4.90. The Morgan fingerprint density at radius 1 is 1.17 bits per heavy atom. The normalized spacial score (nSPS) is 19.8. The quantitative estimate of drug-likeness (QED) is 0.879. The minimum absolute atomic E-state index is 0.833. The highest BCUT2D eigenvalue weighted by Gasteiger charge is 2.24. The molecule has 0 saturated heterocycles. The van der Waals surface area contributed by atoms with Crippen LogP contribution in [0.2, 0.25) is 0 Å². The maximum absolute atomic E-state index is 5.89. The Labute approximate surface area is 107 Å². The number of rotatable bonds is 2. The molecule has 1 saturated carbocycles. The molecule has 1 aromatic carbocycles. The molecule has 0 spiro atoms. The molecule has 2 aromatic rings. The van der Waals surface area contributed by atoms with Crippen molar-refractivity contribution in [3.05, 3.63) is 29.2 Å². The van der Waals surface area contributed by atoms with Crippen LogP contribution in [0, 0.1) is 5.92 Å². The van der Waals surface area contributed by atoms with Crippen molar-refractivity contribution in [3.8, 4) is 0 Å². The van der Waals surface area contributed by atoms with E-state index in [2.05, 4.69) is 22.4 Å². The summed E-state index contributed by atoms with van der Waals surface area (Å²) < 4.78 is 5.89. The number of hydrogen-bond donors (Lipinski definition) is 1. The monoisotopic (exact) mass is 242 g/mol. The molecule has 0 amide bonds. The molecule has 2 aliphatic rings. The van der Waals surface area contributed by atoms with Gasteiger partial charge in [-0.15, -0.1) is 0 Å². The number of nitrogens with zero attached hydrogens (tertiary/aromatic N) is 1. The average molecular weight is 242 g/mol. The van der Waals surface area contributed by atoms with E-state index >= 15 is 0 Å². The summed E-state index contributed by atoms with van der Waals surface area (Å²) >= 11 is 0. The molecule has 3 heteroatoms. The first kappa shape index (κ1) is 10.6. The maximum Gasteiger partial charge on any atom is 0.195 e. The molecule has 4 rings (SSSR count). The number of benzene rings is 1. The fourth-order valence-corrected chi connectivity index (χ4v) is 2.80. The molecule has 0 bridgehead atoms. The summed E-state index contributed by atoms with van der Waals surface area (Å²) in [6.45, 7) is 2.15. The third-order valence-electron chi connectivity index (χ3n) is 4.06. The lowest BCUT2D eigenvalue weighted by Crippen LogP contribution is -2.16. The highest BCUT2D eigenvalue weighted by atomic mass is 16.3. The van der Waals surface area contributed by atoms with Crippen LogP contribution in [-0.4, -0.2) is 18.1 Å². The summed E-state index contributed by atoms with van der Waals surface area (Å²) in [6.07, 6.45) is 5.93. The fraction of sp³-hybridized carbons (Fsp3) is 0.533. The van der Waals surface area contributed by atoms with E-state index in [9.17, 15) is 0 Å². The van der Waals surface area contributed by atoms with Crippen LogP contribution in [0.3, 0.4) is 0 Å². The summed E-state index contributed by atoms with van der Waals surface area (Å²) in [5.74, 6) is 1.77. The van der Waals surface area contributed by atoms with Crippen molar-refractivity contribution in [1.29, 1.82) is 0 Å². The van der Waals surface area contributed by atoms with Crippen LogP contribution in [0.15, 0.2) is 16.5 Å². The van der Waals surface area contributed by atoms with E-state index in [1.807, 2.05) is 0 Å². The zero-order valence-electron chi connectivity index (χ0n) is 10.5. The average Bonchev–Trinajstić information content (AvgIpc) is 3.10. The predicted octanol–water partition coefficient (Wildman–Crippen LogP) is 2.47. The van der Waals surface area contributed by atoms with Gasteiger partial charge in [-0.1, -0.05) is 0 Å². The second-order valence-corrected chi connectivity index (χ2v) is 5.59. The van der Waals surface area contributed by atoms with Crippen LogP contribution < -0.4 is 5.32 Å². The first-order chi connectivity index (χ1) is 8.88. The molecule has 1 aromatic heterocycles. The molecular formula is C15H18N2O. The minimum atomic E-state index is 0.833. The Bertz CT molecular complexity index is 540. The molecular weight excluding hydrogens is 224 g/mol. The van der Waals surface area contributed by atoms with Crippen LogP contribution in [-0.2, 0) is 19.3 Å². The van der Waals surface area contributed by atoms with Crippen LogP contribution in [0.1, 0.15) is 29.9 Å². The van der Waals surface area contributed by atoms with Crippen molar-refractivity contribution < 1.29 is 4.42 Å². The Morgan fingerprint density at radius 2 is 1.94 bits per heavy atom. The van der Waals surface area contributed by atoms with Crippen molar-refractivity contribution in [2.75, 3.05) is 13.1 Å². The Kier molecular flexibility index (Phi) is 2.40. The molecule has 1 aliphatic carbocycles. The second kappa shape index (κ2) is 4.09. The van der Waals surface area contributed by atoms with Crippen molar-refractivity contribution in [2.45, 2.75) is 32.1 Å². The van der Waals surface area contributed by atoms with Gasteiger partial charge in [0.15, 0.2) is 11.5 Å². The SMILES string of the molecule is c1c2c(cc3oc(CC4CC4)nc13)CCNCC2. The molecule has 94 valence electrons. The first-order valence-electron chi connectivity index (χ1n) is 7.00. The zero-order chi connectivity index (χ0) is 11.9. The van der Waals surface area contributed by atoms with Gasteiger partial charge >= 0.3 is 0 Å². The van der Waals surface area contributed by atoms with E-state index in [1.54, 1.807) is 0 Å². The van der Waals surface area contributed by atoms with Crippen molar-refractivity contribution in [2.24, 2.45) is 5.92 Å². The summed E-state index contributed by atoms with van der Waals surface area (Å²) in [6, 6.07) is 4.44. The Balaban J connectivity index is 1.74. The summed E-state index contributed by atoms with van der Waals surface area (Å²) in [7, 11) is 0. The first-order valence-corrected chi connectivity index (χ1v) is 7.00. The molecule has 3 nitrogen and oxygen atoms in total. The van der Waals surface area contributed by atoms with Crippen molar-refractivity contribution >= 4 is 11.1 Å². The number of hydrogen-bond acceptors (Lipinski definition) is 3. The van der Waals surface area contributed by atoms with Crippen LogP contribution in [0.5, 0.6) is 0 Å². The lowest BCUT2D eigenvalue weighted by Gasteiger charge is -2.03. The number of oxazole rings is 1. The van der Waals surface area contributed by atoms with Gasteiger partial charge in [0.05, 0.1) is 0 Å². The number of nitrogens with one attached hydrogen (secondary N) is 1. The van der Waals surface area contributed by atoms with Gasteiger partial charge in [0.2, 0.25) is 0 Å².